The van der Waals surface area contributed by atoms with Gasteiger partial charge >= 0.3 is 0 Å². The van der Waals surface area contributed by atoms with Gasteiger partial charge in [-0.2, -0.15) is 0 Å². The predicted octanol–water partition coefficient (Wildman–Crippen LogP) is 7.82. The van der Waals surface area contributed by atoms with Gasteiger partial charge in [-0.05, 0) is 17.7 Å². The normalized spacial score (nSPS) is 10.7. The maximum atomic E-state index is 5.12. The summed E-state index contributed by atoms with van der Waals surface area (Å²) in [6.07, 6.45) is 0. The van der Waals surface area contributed by atoms with Crippen LogP contribution in [0.1, 0.15) is 5.56 Å². The molecule has 3 heteroatoms. The van der Waals surface area contributed by atoms with Crippen molar-refractivity contribution in [1.29, 1.82) is 0 Å². The molecule has 0 aliphatic rings. The zero-order valence-electron chi connectivity index (χ0n) is 17.1. The topological polar surface area (TPSA) is 16.1 Å². The van der Waals surface area contributed by atoms with Crippen LogP contribution in [0.15, 0.2) is 121 Å². The lowest BCUT2D eigenvalue weighted by molar-refractivity contribution is 0.986. The van der Waals surface area contributed by atoms with Crippen LogP contribution in [0.5, 0.6) is 0 Å². The van der Waals surface area contributed by atoms with E-state index < -0.39 is 0 Å². The molecule has 1 aromatic heterocycles. The molecule has 0 atom stereocenters. The standard InChI is InChI=1S/C28H22N2S/c1-5-13-22(14-6-1)21-30(25-19-11-4-12-20-25)28-26(23-15-7-2-8-16-23)29-27(31-28)24-17-9-3-10-18-24/h1-20H,21H2. The Morgan fingerprint density at radius 3 is 1.71 bits per heavy atom. The van der Waals surface area contributed by atoms with E-state index in [9.17, 15) is 0 Å². The average molecular weight is 419 g/mol. The highest BCUT2D eigenvalue weighted by molar-refractivity contribution is 7.19. The fourth-order valence-electron chi connectivity index (χ4n) is 3.64. The zero-order valence-corrected chi connectivity index (χ0v) is 17.9. The van der Waals surface area contributed by atoms with Gasteiger partial charge in [0.15, 0.2) is 0 Å². The van der Waals surface area contributed by atoms with Crippen molar-refractivity contribution in [3.63, 3.8) is 0 Å². The Bertz CT molecular complexity index is 1230. The Balaban J connectivity index is 1.68. The van der Waals surface area contributed by atoms with Crippen LogP contribution in [0, 0.1) is 0 Å². The highest BCUT2D eigenvalue weighted by Gasteiger charge is 2.21. The van der Waals surface area contributed by atoms with Crippen LogP contribution in [0.4, 0.5) is 10.7 Å². The molecule has 0 unspecified atom stereocenters. The molecule has 4 aromatic carbocycles. The summed E-state index contributed by atoms with van der Waals surface area (Å²) in [6, 6.07) is 42.1. The molecule has 0 bridgehead atoms. The van der Waals surface area contributed by atoms with Crippen LogP contribution in [0.25, 0.3) is 21.8 Å². The highest BCUT2D eigenvalue weighted by Crippen LogP contribution is 2.43. The molecule has 0 aliphatic heterocycles. The molecule has 0 spiro atoms. The first kappa shape index (κ1) is 19.3. The van der Waals surface area contributed by atoms with Gasteiger partial charge in [-0.1, -0.05) is 121 Å². The van der Waals surface area contributed by atoms with Gasteiger partial charge in [0, 0.05) is 23.4 Å². The molecule has 150 valence electrons. The smallest absolute Gasteiger partial charge is 0.126 e. The van der Waals surface area contributed by atoms with Crippen LogP contribution in [-0.4, -0.2) is 4.98 Å². The van der Waals surface area contributed by atoms with E-state index in [1.807, 2.05) is 12.1 Å². The number of anilines is 2. The lowest BCUT2D eigenvalue weighted by Gasteiger charge is -2.24. The molecule has 0 amide bonds. The van der Waals surface area contributed by atoms with Gasteiger partial charge in [0.1, 0.15) is 15.7 Å². The van der Waals surface area contributed by atoms with Crippen molar-refractivity contribution in [3.8, 4) is 21.8 Å². The number of aromatic nitrogens is 1. The molecule has 31 heavy (non-hydrogen) atoms. The van der Waals surface area contributed by atoms with Crippen molar-refractivity contribution in [2.45, 2.75) is 6.54 Å². The summed E-state index contributed by atoms with van der Waals surface area (Å²) in [5, 5.41) is 2.18. The minimum atomic E-state index is 0.779. The molecule has 0 aliphatic carbocycles. The Morgan fingerprint density at radius 2 is 1.10 bits per heavy atom. The molecule has 0 N–H and O–H groups in total. The Labute approximate surface area is 187 Å². The molecule has 5 rings (SSSR count). The summed E-state index contributed by atoms with van der Waals surface area (Å²) in [5.74, 6) is 0. The van der Waals surface area contributed by atoms with Gasteiger partial charge in [0.25, 0.3) is 0 Å². The van der Waals surface area contributed by atoms with E-state index in [1.165, 1.54) is 5.56 Å². The van der Waals surface area contributed by atoms with E-state index in [0.29, 0.717) is 0 Å². The lowest BCUT2D eigenvalue weighted by atomic mass is 10.1. The van der Waals surface area contributed by atoms with Crippen LogP contribution >= 0.6 is 11.3 Å². The summed E-state index contributed by atoms with van der Waals surface area (Å²) >= 11 is 1.74. The second-order valence-electron chi connectivity index (χ2n) is 7.31. The second-order valence-corrected chi connectivity index (χ2v) is 8.29. The number of rotatable bonds is 6. The molecule has 2 nitrogen and oxygen atoms in total. The van der Waals surface area contributed by atoms with Crippen LogP contribution in [0.2, 0.25) is 0 Å². The van der Waals surface area contributed by atoms with Crippen molar-refractivity contribution >= 4 is 22.0 Å². The molecular formula is C28H22N2S. The second kappa shape index (κ2) is 8.99. The number of benzene rings is 4. The maximum Gasteiger partial charge on any atom is 0.126 e. The van der Waals surface area contributed by atoms with Crippen LogP contribution in [-0.2, 0) is 6.54 Å². The van der Waals surface area contributed by atoms with Gasteiger partial charge in [-0.25, -0.2) is 4.98 Å². The SMILES string of the molecule is c1ccc(CN(c2ccccc2)c2sc(-c3ccccc3)nc2-c2ccccc2)cc1. The van der Waals surface area contributed by atoms with Crippen LogP contribution in [0.3, 0.4) is 0 Å². The molecule has 0 radical (unpaired) electrons. The third-order valence-corrected chi connectivity index (χ3v) is 6.30. The van der Waals surface area contributed by atoms with E-state index in [1.54, 1.807) is 11.3 Å². The molecule has 0 fully saturated rings. The first-order chi connectivity index (χ1) is 15.4. The number of hydrogen-bond donors (Lipinski definition) is 0. The third-order valence-electron chi connectivity index (χ3n) is 5.17. The fraction of sp³-hybridized carbons (Fsp3) is 0.0357. The van der Waals surface area contributed by atoms with Crippen molar-refractivity contribution in [1.82, 2.24) is 4.98 Å². The monoisotopic (exact) mass is 418 g/mol. The van der Waals surface area contributed by atoms with Crippen molar-refractivity contribution in [3.05, 3.63) is 127 Å². The number of para-hydroxylation sites is 1. The van der Waals surface area contributed by atoms with E-state index in [0.717, 1.165) is 39.1 Å². The van der Waals surface area contributed by atoms with E-state index in [-0.39, 0.29) is 0 Å². The molecular weight excluding hydrogens is 396 g/mol. The highest BCUT2D eigenvalue weighted by atomic mass is 32.1. The Morgan fingerprint density at radius 1 is 0.581 bits per heavy atom. The molecule has 5 aromatic rings. The number of thiazole rings is 1. The Kier molecular flexibility index (Phi) is 5.59. The molecule has 0 saturated carbocycles. The lowest BCUT2D eigenvalue weighted by Crippen LogP contribution is -2.16. The first-order valence-corrected chi connectivity index (χ1v) is 11.2. The van der Waals surface area contributed by atoms with Gasteiger partial charge in [-0.15, -0.1) is 0 Å². The van der Waals surface area contributed by atoms with Gasteiger partial charge < -0.3 is 4.90 Å². The zero-order chi connectivity index (χ0) is 20.9. The molecule has 1 heterocycles. The van der Waals surface area contributed by atoms with Gasteiger partial charge in [0.05, 0.1) is 0 Å². The average Bonchev–Trinajstić information content (AvgIpc) is 3.30. The van der Waals surface area contributed by atoms with Crippen molar-refractivity contribution in [2.24, 2.45) is 0 Å². The molecule has 0 saturated heterocycles. The minimum absolute atomic E-state index is 0.779. The summed E-state index contributed by atoms with van der Waals surface area (Å²) in [5.41, 5.74) is 5.71. The van der Waals surface area contributed by atoms with Crippen molar-refractivity contribution in [2.75, 3.05) is 4.90 Å². The summed E-state index contributed by atoms with van der Waals surface area (Å²) in [4.78, 5) is 7.49. The minimum Gasteiger partial charge on any atom is -0.327 e. The van der Waals surface area contributed by atoms with Crippen molar-refractivity contribution < 1.29 is 0 Å². The van der Waals surface area contributed by atoms with Gasteiger partial charge in [0.2, 0.25) is 0 Å². The maximum absolute atomic E-state index is 5.12. The fourth-order valence-corrected chi connectivity index (χ4v) is 4.75. The number of hydrogen-bond acceptors (Lipinski definition) is 3. The first-order valence-electron chi connectivity index (χ1n) is 10.4. The predicted molar refractivity (Wildman–Crippen MR) is 132 cm³/mol. The quantitative estimate of drug-likeness (QED) is 0.279. The van der Waals surface area contributed by atoms with Crippen LogP contribution < -0.4 is 4.90 Å². The number of nitrogens with zero attached hydrogens (tertiary/aromatic N) is 2. The Hall–Kier alpha value is -3.69. The summed E-state index contributed by atoms with van der Waals surface area (Å²) in [7, 11) is 0. The van der Waals surface area contributed by atoms with Gasteiger partial charge in [-0.3, -0.25) is 0 Å². The summed E-state index contributed by atoms with van der Waals surface area (Å²) in [6.45, 7) is 0.779. The largest absolute Gasteiger partial charge is 0.327 e. The van der Waals surface area contributed by atoms with E-state index in [2.05, 4.69) is 114 Å². The summed E-state index contributed by atoms with van der Waals surface area (Å²) < 4.78 is 0. The van der Waals surface area contributed by atoms with E-state index in [4.69, 9.17) is 4.98 Å². The third kappa shape index (κ3) is 4.27. The van der Waals surface area contributed by atoms with E-state index >= 15 is 0 Å².